The second-order valence-electron chi connectivity index (χ2n) is 5.95. The number of benzene rings is 3. The molecular weight excluding hydrogens is 491 g/mol. The summed E-state index contributed by atoms with van der Waals surface area (Å²) in [5.41, 5.74) is 0. The second kappa shape index (κ2) is 7.67. The van der Waals surface area contributed by atoms with Crippen LogP contribution < -0.4 is 9.37 Å². The molecule has 3 aromatic carbocycles. The zero-order chi connectivity index (χ0) is 16.1. The Labute approximate surface area is 146 Å². The van der Waals surface area contributed by atoms with Gasteiger partial charge in [-0.25, -0.2) is 0 Å². The maximum absolute atomic E-state index is 3.20. The van der Waals surface area contributed by atoms with Crippen LogP contribution in [-0.2, 0) is 0 Å². The van der Waals surface area contributed by atoms with Crippen LogP contribution in [0, 0.1) is 0 Å². The van der Waals surface area contributed by atoms with Crippen LogP contribution in [0.3, 0.4) is 0 Å². The molecule has 0 aromatic heterocycles. The van der Waals surface area contributed by atoms with E-state index in [9.17, 15) is 0 Å². The Morgan fingerprint density at radius 2 is 0.870 bits per heavy atom. The summed E-state index contributed by atoms with van der Waals surface area (Å²) < 4.78 is 4.66. The number of hydrogen-bond acceptors (Lipinski definition) is 1. The summed E-state index contributed by atoms with van der Waals surface area (Å²) in [4.78, 5) is 0. The molecular formula is C21H22PbS. The molecule has 23 heavy (non-hydrogen) atoms. The van der Waals surface area contributed by atoms with E-state index in [2.05, 4.69) is 113 Å². The monoisotopic (exact) mass is 514 g/mol. The van der Waals surface area contributed by atoms with Crippen molar-refractivity contribution in [3.8, 4) is 0 Å². The molecule has 0 aliphatic rings. The first-order valence-corrected chi connectivity index (χ1v) is 19.5. The molecule has 2 heteroatoms. The van der Waals surface area contributed by atoms with Crippen LogP contribution in [-0.4, -0.2) is 24.9 Å². The predicted octanol–water partition coefficient (Wildman–Crippen LogP) is 3.80. The number of hydrogen-bond donors (Lipinski definition) is 0. The maximum atomic E-state index is 2.34. The van der Waals surface area contributed by atoms with Gasteiger partial charge < -0.3 is 0 Å². The summed E-state index contributed by atoms with van der Waals surface area (Å²) in [6.07, 6.45) is 0. The quantitative estimate of drug-likeness (QED) is 0.468. The molecule has 3 rings (SSSR count). The van der Waals surface area contributed by atoms with Gasteiger partial charge in [-0.15, -0.1) is 0 Å². The van der Waals surface area contributed by atoms with Gasteiger partial charge in [0.1, 0.15) is 0 Å². The second-order valence-corrected chi connectivity index (χ2v) is 27.3. The average molecular weight is 514 g/mol. The van der Waals surface area contributed by atoms with Gasteiger partial charge in [-0.1, -0.05) is 0 Å². The van der Waals surface area contributed by atoms with E-state index in [-0.39, 0.29) is 0 Å². The topological polar surface area (TPSA) is 0 Å². The standard InChI is InChI=1S/3C6H5.C3H8S.Pb/c3*1-2-4-6-5-3-1;1-3(2)4;/h3*1-5H;3-4H,1-2H3;/q;;;;+1/p-1. The zero-order valence-corrected chi connectivity index (χ0v) is 18.3. The van der Waals surface area contributed by atoms with Gasteiger partial charge in [0.05, 0.1) is 0 Å². The van der Waals surface area contributed by atoms with Crippen molar-refractivity contribution in [2.24, 2.45) is 0 Å². The first kappa shape index (κ1) is 16.8. The zero-order valence-electron chi connectivity index (χ0n) is 13.6. The first-order valence-electron chi connectivity index (χ1n) is 8.08. The Hall–Kier alpha value is -1.07. The van der Waals surface area contributed by atoms with Gasteiger partial charge in [0.15, 0.2) is 0 Å². The van der Waals surface area contributed by atoms with Crippen LogP contribution in [0.2, 0.25) is 0 Å². The minimum atomic E-state index is -3.20. The van der Waals surface area contributed by atoms with Crippen molar-refractivity contribution in [2.45, 2.75) is 19.1 Å². The summed E-state index contributed by atoms with van der Waals surface area (Å²) in [7, 11) is 2.23. The Bertz CT molecular complexity index is 627. The molecule has 0 saturated heterocycles. The van der Waals surface area contributed by atoms with Crippen LogP contribution in [0.1, 0.15) is 13.8 Å². The van der Waals surface area contributed by atoms with Crippen molar-refractivity contribution >= 4 is 37.4 Å². The molecule has 3 aromatic rings. The molecule has 0 radical (unpaired) electrons. The van der Waals surface area contributed by atoms with Crippen LogP contribution in [0.15, 0.2) is 91.0 Å². The SMILES string of the molecule is CC(C)[S][Pb]([c]1ccccc1)([c]1ccccc1)[c]1ccccc1. The minimum absolute atomic E-state index is 0.609. The molecule has 0 aliphatic heterocycles. The van der Waals surface area contributed by atoms with Gasteiger partial charge in [-0.2, -0.15) is 0 Å². The molecule has 116 valence electrons. The molecule has 0 nitrogen and oxygen atoms in total. The Balaban J connectivity index is 2.30. The van der Waals surface area contributed by atoms with Crippen molar-refractivity contribution in [1.29, 1.82) is 0 Å². The molecule has 0 spiro atoms. The fourth-order valence-electron chi connectivity index (χ4n) is 3.08. The molecule has 0 N–H and O–H groups in total. The van der Waals surface area contributed by atoms with E-state index < -0.39 is 19.7 Å². The van der Waals surface area contributed by atoms with Crippen LogP contribution in [0.5, 0.6) is 0 Å². The molecule has 0 fully saturated rings. The van der Waals surface area contributed by atoms with E-state index in [0.717, 1.165) is 0 Å². The Morgan fingerprint density at radius 3 is 1.13 bits per heavy atom. The average Bonchev–Trinajstić information content (AvgIpc) is 2.62. The van der Waals surface area contributed by atoms with E-state index >= 15 is 0 Å². The fourth-order valence-corrected chi connectivity index (χ4v) is 32.4. The van der Waals surface area contributed by atoms with Gasteiger partial charge >= 0.3 is 147 Å². The van der Waals surface area contributed by atoms with Crippen molar-refractivity contribution in [3.05, 3.63) is 91.0 Å². The van der Waals surface area contributed by atoms with Crippen LogP contribution >= 0.6 is 8.31 Å². The third-order valence-electron chi connectivity index (χ3n) is 3.95. The van der Waals surface area contributed by atoms with Crippen molar-refractivity contribution < 1.29 is 0 Å². The summed E-state index contributed by atoms with van der Waals surface area (Å²) in [5, 5.41) is 0.609. The molecule has 0 bridgehead atoms. The molecule has 0 heterocycles. The van der Waals surface area contributed by atoms with Crippen molar-refractivity contribution in [2.75, 3.05) is 0 Å². The van der Waals surface area contributed by atoms with Gasteiger partial charge in [-0.3, -0.25) is 0 Å². The third-order valence-corrected chi connectivity index (χ3v) is 34.0. The van der Waals surface area contributed by atoms with E-state index in [0.29, 0.717) is 5.25 Å². The molecule has 0 unspecified atom stereocenters. The summed E-state index contributed by atoms with van der Waals surface area (Å²) in [6.45, 7) is 4.66. The van der Waals surface area contributed by atoms with Gasteiger partial charge in [0.25, 0.3) is 0 Å². The molecule has 0 amide bonds. The van der Waals surface area contributed by atoms with Gasteiger partial charge in [0, 0.05) is 0 Å². The Kier molecular flexibility index (Phi) is 5.59. The Morgan fingerprint density at radius 1 is 0.565 bits per heavy atom. The first-order chi connectivity index (χ1) is 11.2. The normalized spacial score (nSPS) is 11.6. The van der Waals surface area contributed by atoms with E-state index in [1.54, 1.807) is 9.37 Å². The summed E-state index contributed by atoms with van der Waals surface area (Å²) in [6, 6.07) is 33.6. The van der Waals surface area contributed by atoms with Crippen molar-refractivity contribution in [3.63, 3.8) is 0 Å². The van der Waals surface area contributed by atoms with Crippen LogP contribution in [0.25, 0.3) is 0 Å². The fraction of sp³-hybridized carbons (Fsp3) is 0.143. The molecule has 0 atom stereocenters. The van der Waals surface area contributed by atoms with Gasteiger partial charge in [0.2, 0.25) is 0 Å². The predicted molar refractivity (Wildman–Crippen MR) is 107 cm³/mol. The van der Waals surface area contributed by atoms with E-state index in [1.165, 1.54) is 0 Å². The number of rotatable bonds is 5. The summed E-state index contributed by atoms with van der Waals surface area (Å²) in [5.74, 6) is 0. The van der Waals surface area contributed by atoms with Gasteiger partial charge in [-0.05, 0) is 0 Å². The van der Waals surface area contributed by atoms with E-state index in [4.69, 9.17) is 0 Å². The van der Waals surface area contributed by atoms with E-state index in [1.807, 2.05) is 0 Å². The molecule has 0 aliphatic carbocycles. The third kappa shape index (κ3) is 3.56. The van der Waals surface area contributed by atoms with Crippen molar-refractivity contribution in [1.82, 2.24) is 0 Å². The van der Waals surface area contributed by atoms with Crippen LogP contribution in [0.4, 0.5) is 0 Å². The summed E-state index contributed by atoms with van der Waals surface area (Å²) >= 11 is -3.20. The molecule has 0 saturated carbocycles.